The van der Waals surface area contributed by atoms with Gasteiger partial charge < -0.3 is 10.1 Å². The Bertz CT molecular complexity index is 137. The lowest BCUT2D eigenvalue weighted by Gasteiger charge is -2.14. The molecule has 0 aliphatic heterocycles. The SMILES string of the molecule is CCCCCCCOC(C)CCNC(C)C. The molecule has 1 N–H and O–H groups in total. The van der Waals surface area contributed by atoms with Crippen LogP contribution in [0.2, 0.25) is 0 Å². The maximum atomic E-state index is 5.76. The van der Waals surface area contributed by atoms with Gasteiger partial charge in [0, 0.05) is 12.6 Å². The van der Waals surface area contributed by atoms with Crippen LogP contribution >= 0.6 is 0 Å². The number of nitrogens with one attached hydrogen (secondary N) is 1. The Morgan fingerprint density at radius 2 is 1.69 bits per heavy atom. The zero-order chi connectivity index (χ0) is 12.2. The zero-order valence-electron chi connectivity index (χ0n) is 11.7. The molecule has 0 heterocycles. The van der Waals surface area contributed by atoms with Crippen molar-refractivity contribution in [1.82, 2.24) is 5.32 Å². The first-order valence-corrected chi connectivity index (χ1v) is 7.01. The van der Waals surface area contributed by atoms with Crippen LogP contribution in [0.25, 0.3) is 0 Å². The van der Waals surface area contributed by atoms with Crippen LogP contribution in [0.4, 0.5) is 0 Å². The molecule has 0 aromatic carbocycles. The van der Waals surface area contributed by atoms with Crippen LogP contribution in [-0.2, 0) is 4.74 Å². The summed E-state index contributed by atoms with van der Waals surface area (Å²) in [6.07, 6.45) is 8.12. The van der Waals surface area contributed by atoms with Gasteiger partial charge >= 0.3 is 0 Å². The van der Waals surface area contributed by atoms with E-state index in [4.69, 9.17) is 4.74 Å². The first-order valence-electron chi connectivity index (χ1n) is 7.01. The molecule has 98 valence electrons. The highest BCUT2D eigenvalue weighted by Gasteiger charge is 2.02. The van der Waals surface area contributed by atoms with Crippen molar-refractivity contribution in [2.75, 3.05) is 13.2 Å². The molecule has 16 heavy (non-hydrogen) atoms. The minimum atomic E-state index is 0.400. The van der Waals surface area contributed by atoms with Gasteiger partial charge in [-0.3, -0.25) is 0 Å². The van der Waals surface area contributed by atoms with E-state index in [1.807, 2.05) is 0 Å². The van der Waals surface area contributed by atoms with Gasteiger partial charge in [-0.2, -0.15) is 0 Å². The Hall–Kier alpha value is -0.0800. The van der Waals surface area contributed by atoms with Crippen LogP contribution in [0.15, 0.2) is 0 Å². The predicted molar refractivity (Wildman–Crippen MR) is 71.9 cm³/mol. The summed E-state index contributed by atoms with van der Waals surface area (Å²) in [7, 11) is 0. The Kier molecular flexibility index (Phi) is 11.3. The summed E-state index contributed by atoms with van der Waals surface area (Å²) in [4.78, 5) is 0. The van der Waals surface area contributed by atoms with Gasteiger partial charge in [0.2, 0.25) is 0 Å². The molecule has 1 unspecified atom stereocenters. The highest BCUT2D eigenvalue weighted by Crippen LogP contribution is 2.04. The van der Waals surface area contributed by atoms with Crippen LogP contribution in [0.3, 0.4) is 0 Å². The first-order chi connectivity index (χ1) is 7.66. The van der Waals surface area contributed by atoms with Gasteiger partial charge in [-0.1, -0.05) is 46.5 Å². The Morgan fingerprint density at radius 1 is 1.00 bits per heavy atom. The van der Waals surface area contributed by atoms with Crippen molar-refractivity contribution in [1.29, 1.82) is 0 Å². The molecule has 0 radical (unpaired) electrons. The van der Waals surface area contributed by atoms with Crippen LogP contribution in [0.1, 0.15) is 66.2 Å². The second kappa shape index (κ2) is 11.4. The van der Waals surface area contributed by atoms with Gasteiger partial charge in [-0.25, -0.2) is 0 Å². The highest BCUT2D eigenvalue weighted by atomic mass is 16.5. The second-order valence-corrected chi connectivity index (χ2v) is 4.99. The maximum Gasteiger partial charge on any atom is 0.0559 e. The molecular formula is C14H31NO. The van der Waals surface area contributed by atoms with Crippen LogP contribution in [-0.4, -0.2) is 25.3 Å². The molecule has 2 heteroatoms. The van der Waals surface area contributed by atoms with Crippen molar-refractivity contribution in [3.63, 3.8) is 0 Å². The van der Waals surface area contributed by atoms with E-state index in [1.54, 1.807) is 0 Å². The Morgan fingerprint density at radius 3 is 2.31 bits per heavy atom. The largest absolute Gasteiger partial charge is 0.378 e. The van der Waals surface area contributed by atoms with Crippen LogP contribution in [0.5, 0.6) is 0 Å². The van der Waals surface area contributed by atoms with Crippen molar-refractivity contribution in [3.8, 4) is 0 Å². The number of unbranched alkanes of at least 4 members (excludes halogenated alkanes) is 4. The fourth-order valence-corrected chi connectivity index (χ4v) is 1.65. The molecule has 1 atom stereocenters. The summed E-state index contributed by atoms with van der Waals surface area (Å²) >= 11 is 0. The van der Waals surface area contributed by atoms with Gasteiger partial charge in [-0.05, 0) is 26.3 Å². The molecule has 0 spiro atoms. The predicted octanol–water partition coefficient (Wildman–Crippen LogP) is 3.75. The molecular weight excluding hydrogens is 198 g/mol. The van der Waals surface area contributed by atoms with E-state index in [-0.39, 0.29) is 0 Å². The molecule has 0 bridgehead atoms. The van der Waals surface area contributed by atoms with E-state index >= 15 is 0 Å². The lowest BCUT2D eigenvalue weighted by atomic mass is 10.2. The van der Waals surface area contributed by atoms with Crippen molar-refractivity contribution >= 4 is 0 Å². The van der Waals surface area contributed by atoms with E-state index in [9.17, 15) is 0 Å². The van der Waals surface area contributed by atoms with Crippen LogP contribution in [0, 0.1) is 0 Å². The number of ether oxygens (including phenoxy) is 1. The van der Waals surface area contributed by atoms with Gasteiger partial charge in [-0.15, -0.1) is 0 Å². The number of hydrogen-bond acceptors (Lipinski definition) is 2. The minimum Gasteiger partial charge on any atom is -0.378 e. The molecule has 0 aromatic heterocycles. The summed E-state index contributed by atoms with van der Waals surface area (Å²) in [5.41, 5.74) is 0. The number of rotatable bonds is 11. The van der Waals surface area contributed by atoms with E-state index in [0.717, 1.165) is 19.6 Å². The summed E-state index contributed by atoms with van der Waals surface area (Å²) in [5.74, 6) is 0. The average molecular weight is 229 g/mol. The molecule has 0 aliphatic rings. The third kappa shape index (κ3) is 12.0. The summed E-state index contributed by atoms with van der Waals surface area (Å²) < 4.78 is 5.76. The maximum absolute atomic E-state index is 5.76. The first kappa shape index (κ1) is 15.9. The van der Waals surface area contributed by atoms with Crippen molar-refractivity contribution in [2.24, 2.45) is 0 Å². The molecule has 0 aromatic rings. The van der Waals surface area contributed by atoms with Crippen molar-refractivity contribution in [3.05, 3.63) is 0 Å². The van der Waals surface area contributed by atoms with Gasteiger partial charge in [0.25, 0.3) is 0 Å². The summed E-state index contributed by atoms with van der Waals surface area (Å²) in [6, 6.07) is 0.584. The second-order valence-electron chi connectivity index (χ2n) is 4.99. The summed E-state index contributed by atoms with van der Waals surface area (Å²) in [5, 5.41) is 3.41. The minimum absolute atomic E-state index is 0.400. The zero-order valence-corrected chi connectivity index (χ0v) is 11.7. The van der Waals surface area contributed by atoms with Crippen molar-refractivity contribution in [2.45, 2.75) is 78.4 Å². The Balaban J connectivity index is 3.14. The topological polar surface area (TPSA) is 21.3 Å². The molecule has 0 aliphatic carbocycles. The molecule has 0 amide bonds. The Labute approximate surface area is 102 Å². The van der Waals surface area contributed by atoms with Gasteiger partial charge in [0.1, 0.15) is 0 Å². The third-order valence-corrected chi connectivity index (χ3v) is 2.75. The molecule has 0 fully saturated rings. The molecule has 2 nitrogen and oxygen atoms in total. The normalized spacial score (nSPS) is 13.3. The molecule has 0 saturated heterocycles. The number of hydrogen-bond donors (Lipinski definition) is 1. The highest BCUT2D eigenvalue weighted by molar-refractivity contribution is 4.57. The van der Waals surface area contributed by atoms with Gasteiger partial charge in [0.05, 0.1) is 6.10 Å². The third-order valence-electron chi connectivity index (χ3n) is 2.75. The van der Waals surface area contributed by atoms with Crippen molar-refractivity contribution < 1.29 is 4.74 Å². The quantitative estimate of drug-likeness (QED) is 0.545. The molecule has 0 saturated carbocycles. The summed E-state index contributed by atoms with van der Waals surface area (Å²) in [6.45, 7) is 10.8. The van der Waals surface area contributed by atoms with E-state index in [1.165, 1.54) is 32.1 Å². The van der Waals surface area contributed by atoms with Gasteiger partial charge in [0.15, 0.2) is 0 Å². The molecule has 0 rings (SSSR count). The van der Waals surface area contributed by atoms with Crippen LogP contribution < -0.4 is 5.32 Å². The standard InChI is InChI=1S/C14H31NO/c1-5-6-7-8-9-12-16-14(4)10-11-15-13(2)3/h13-15H,5-12H2,1-4H3. The lowest BCUT2D eigenvalue weighted by Crippen LogP contribution is -2.26. The fourth-order valence-electron chi connectivity index (χ4n) is 1.65. The lowest BCUT2D eigenvalue weighted by molar-refractivity contribution is 0.0573. The van der Waals surface area contributed by atoms with E-state index < -0.39 is 0 Å². The van der Waals surface area contributed by atoms with E-state index in [0.29, 0.717) is 12.1 Å². The average Bonchev–Trinajstić information content (AvgIpc) is 2.22. The van der Waals surface area contributed by atoms with E-state index in [2.05, 4.69) is 33.0 Å². The smallest absolute Gasteiger partial charge is 0.0559 e. The monoisotopic (exact) mass is 229 g/mol. The fraction of sp³-hybridized carbons (Fsp3) is 1.00.